The monoisotopic (exact) mass is 356 g/mol. The fourth-order valence-corrected chi connectivity index (χ4v) is 3.02. The summed E-state index contributed by atoms with van der Waals surface area (Å²) in [6, 6.07) is 10.7. The van der Waals surface area contributed by atoms with Crippen LogP contribution in [0.25, 0.3) is 0 Å². The third-order valence-electron chi connectivity index (χ3n) is 4.60. The fourth-order valence-electron chi connectivity index (χ4n) is 3.02. The number of carbonyl (C=O) groups excluding carboxylic acids is 2. The van der Waals surface area contributed by atoms with Crippen LogP contribution in [0.3, 0.4) is 0 Å². The average molecular weight is 356 g/mol. The molecule has 3 rings (SSSR count). The molecule has 0 radical (unpaired) electrons. The Bertz CT molecular complexity index is 820. The number of hydrogen-bond acceptors (Lipinski definition) is 3. The Kier molecular flexibility index (Phi) is 5.21. The van der Waals surface area contributed by atoms with Gasteiger partial charge in [0.1, 0.15) is 11.6 Å². The van der Waals surface area contributed by atoms with E-state index in [2.05, 4.69) is 5.32 Å². The lowest BCUT2D eigenvalue weighted by Gasteiger charge is -2.17. The van der Waals surface area contributed by atoms with E-state index in [1.54, 1.807) is 36.1 Å². The molecule has 2 amide bonds. The Morgan fingerprint density at radius 3 is 2.69 bits per heavy atom. The topological polar surface area (TPSA) is 69.6 Å². The molecular formula is C20H21FN2O3. The summed E-state index contributed by atoms with van der Waals surface area (Å²) >= 11 is 0. The summed E-state index contributed by atoms with van der Waals surface area (Å²) in [5.74, 6) is -0.528. The lowest BCUT2D eigenvalue weighted by Crippen LogP contribution is -2.37. The number of nitrogens with one attached hydrogen (secondary N) is 1. The van der Waals surface area contributed by atoms with E-state index in [-0.39, 0.29) is 35.8 Å². The molecule has 136 valence electrons. The van der Waals surface area contributed by atoms with Gasteiger partial charge in [-0.15, -0.1) is 0 Å². The van der Waals surface area contributed by atoms with E-state index >= 15 is 0 Å². The highest BCUT2D eigenvalue weighted by atomic mass is 19.1. The number of halogens is 1. The first-order valence-electron chi connectivity index (χ1n) is 8.55. The Morgan fingerprint density at radius 2 is 2.00 bits per heavy atom. The molecule has 0 bridgehead atoms. The minimum atomic E-state index is -0.307. The van der Waals surface area contributed by atoms with Gasteiger partial charge in [-0.25, -0.2) is 4.39 Å². The molecule has 2 N–H and O–H groups in total. The highest BCUT2D eigenvalue weighted by Gasteiger charge is 2.30. The molecule has 5 nitrogen and oxygen atoms in total. The van der Waals surface area contributed by atoms with Crippen molar-refractivity contribution in [3.8, 4) is 5.75 Å². The van der Waals surface area contributed by atoms with E-state index in [0.29, 0.717) is 30.6 Å². The number of phenols is 1. The van der Waals surface area contributed by atoms with Gasteiger partial charge >= 0.3 is 0 Å². The van der Waals surface area contributed by atoms with Gasteiger partial charge in [0.05, 0.1) is 6.04 Å². The summed E-state index contributed by atoms with van der Waals surface area (Å²) in [5, 5.41) is 12.6. The molecule has 0 aliphatic carbocycles. The smallest absolute Gasteiger partial charge is 0.251 e. The van der Waals surface area contributed by atoms with Crippen LogP contribution in [0.4, 0.5) is 4.39 Å². The van der Waals surface area contributed by atoms with Crippen molar-refractivity contribution in [2.75, 3.05) is 13.1 Å². The maximum Gasteiger partial charge on any atom is 0.251 e. The van der Waals surface area contributed by atoms with Crippen molar-refractivity contribution in [3.05, 3.63) is 65.0 Å². The van der Waals surface area contributed by atoms with Gasteiger partial charge in [0.25, 0.3) is 5.91 Å². The fraction of sp³-hybridized carbons (Fsp3) is 0.300. The van der Waals surface area contributed by atoms with Gasteiger partial charge in [-0.2, -0.15) is 0 Å². The van der Waals surface area contributed by atoms with Crippen molar-refractivity contribution < 1.29 is 19.1 Å². The Morgan fingerprint density at radius 1 is 1.27 bits per heavy atom. The molecule has 1 saturated heterocycles. The SMILES string of the molecule is Cc1ccc(C(=O)N[C@@H]2CC(=O)N(CCc3ccc(F)cc3)C2)cc1O. The molecule has 1 aliphatic heterocycles. The van der Waals surface area contributed by atoms with E-state index in [1.165, 1.54) is 18.2 Å². The lowest BCUT2D eigenvalue weighted by molar-refractivity contribution is -0.127. The minimum absolute atomic E-state index is 0.0100. The first-order valence-corrected chi connectivity index (χ1v) is 8.55. The third-order valence-corrected chi connectivity index (χ3v) is 4.60. The first kappa shape index (κ1) is 17.9. The van der Waals surface area contributed by atoms with Crippen LogP contribution in [0.15, 0.2) is 42.5 Å². The molecule has 1 heterocycles. The van der Waals surface area contributed by atoms with Crippen molar-refractivity contribution in [1.29, 1.82) is 0 Å². The molecule has 0 spiro atoms. The van der Waals surface area contributed by atoms with Crippen LogP contribution < -0.4 is 5.32 Å². The maximum atomic E-state index is 12.9. The van der Waals surface area contributed by atoms with Crippen LogP contribution in [-0.4, -0.2) is 41.0 Å². The molecule has 6 heteroatoms. The minimum Gasteiger partial charge on any atom is -0.508 e. The number of rotatable bonds is 5. The molecule has 26 heavy (non-hydrogen) atoms. The second kappa shape index (κ2) is 7.56. The summed E-state index contributed by atoms with van der Waals surface area (Å²) in [4.78, 5) is 26.2. The number of likely N-dealkylation sites (tertiary alicyclic amines) is 1. The summed E-state index contributed by atoms with van der Waals surface area (Å²) in [5.41, 5.74) is 2.02. The molecule has 1 fully saturated rings. The van der Waals surface area contributed by atoms with Crippen LogP contribution in [0.2, 0.25) is 0 Å². The van der Waals surface area contributed by atoms with E-state index in [1.807, 2.05) is 0 Å². The van der Waals surface area contributed by atoms with Crippen molar-refractivity contribution >= 4 is 11.8 Å². The molecular weight excluding hydrogens is 335 g/mol. The zero-order valence-corrected chi connectivity index (χ0v) is 14.5. The quantitative estimate of drug-likeness (QED) is 0.864. The summed E-state index contributed by atoms with van der Waals surface area (Å²) < 4.78 is 12.9. The normalized spacial score (nSPS) is 16.8. The Balaban J connectivity index is 1.54. The predicted octanol–water partition coefficient (Wildman–Crippen LogP) is 2.41. The number of aromatic hydroxyl groups is 1. The van der Waals surface area contributed by atoms with E-state index in [0.717, 1.165) is 5.56 Å². The Hall–Kier alpha value is -2.89. The van der Waals surface area contributed by atoms with Crippen LogP contribution in [0, 0.1) is 12.7 Å². The number of carbonyl (C=O) groups is 2. The van der Waals surface area contributed by atoms with E-state index in [4.69, 9.17) is 0 Å². The largest absolute Gasteiger partial charge is 0.508 e. The van der Waals surface area contributed by atoms with Gasteiger partial charge < -0.3 is 15.3 Å². The van der Waals surface area contributed by atoms with Crippen LogP contribution >= 0.6 is 0 Å². The van der Waals surface area contributed by atoms with Gasteiger partial charge in [-0.05, 0) is 48.7 Å². The number of aryl methyl sites for hydroxylation is 1. The molecule has 0 saturated carbocycles. The average Bonchev–Trinajstić information content (AvgIpc) is 2.96. The van der Waals surface area contributed by atoms with Gasteiger partial charge in [-0.3, -0.25) is 9.59 Å². The van der Waals surface area contributed by atoms with Crippen LogP contribution in [-0.2, 0) is 11.2 Å². The molecule has 1 aliphatic rings. The zero-order chi connectivity index (χ0) is 18.7. The highest BCUT2D eigenvalue weighted by Crippen LogP contribution is 2.18. The van der Waals surface area contributed by atoms with Crippen molar-refractivity contribution in [1.82, 2.24) is 10.2 Å². The lowest BCUT2D eigenvalue weighted by atomic mass is 10.1. The van der Waals surface area contributed by atoms with Crippen LogP contribution in [0.1, 0.15) is 27.9 Å². The second-order valence-electron chi connectivity index (χ2n) is 6.59. The molecule has 0 aromatic heterocycles. The van der Waals surface area contributed by atoms with E-state index < -0.39 is 0 Å². The number of amides is 2. The van der Waals surface area contributed by atoms with Crippen molar-refractivity contribution in [2.24, 2.45) is 0 Å². The molecule has 0 unspecified atom stereocenters. The summed E-state index contributed by atoms with van der Waals surface area (Å²) in [6.45, 7) is 2.73. The summed E-state index contributed by atoms with van der Waals surface area (Å²) in [6.07, 6.45) is 0.894. The van der Waals surface area contributed by atoms with Gasteiger partial charge in [-0.1, -0.05) is 18.2 Å². The summed E-state index contributed by atoms with van der Waals surface area (Å²) in [7, 11) is 0. The zero-order valence-electron chi connectivity index (χ0n) is 14.5. The third kappa shape index (κ3) is 4.20. The predicted molar refractivity (Wildman–Crippen MR) is 95.4 cm³/mol. The van der Waals surface area contributed by atoms with Crippen LogP contribution in [0.5, 0.6) is 5.75 Å². The number of phenolic OH excluding ortho intramolecular Hbond substituents is 1. The Labute approximate surface area is 151 Å². The van der Waals surface area contributed by atoms with Crippen molar-refractivity contribution in [3.63, 3.8) is 0 Å². The standard InChI is InChI=1S/C20H21FN2O3/c1-13-2-5-15(10-18(13)24)20(26)22-17-11-19(25)23(12-17)9-8-14-3-6-16(21)7-4-14/h2-7,10,17,24H,8-9,11-12H2,1H3,(H,22,26)/t17-/m1/s1. The second-order valence-corrected chi connectivity index (χ2v) is 6.59. The van der Waals surface area contributed by atoms with Crippen molar-refractivity contribution in [2.45, 2.75) is 25.8 Å². The molecule has 2 aromatic carbocycles. The number of nitrogens with zero attached hydrogens (tertiary/aromatic N) is 1. The first-order chi connectivity index (χ1) is 12.4. The molecule has 1 atom stereocenters. The van der Waals surface area contributed by atoms with Gasteiger partial charge in [0.15, 0.2) is 0 Å². The van der Waals surface area contributed by atoms with Gasteiger partial charge in [0, 0.05) is 25.1 Å². The molecule has 2 aromatic rings. The highest BCUT2D eigenvalue weighted by molar-refractivity contribution is 5.95. The van der Waals surface area contributed by atoms with E-state index in [9.17, 15) is 19.1 Å². The number of benzene rings is 2. The van der Waals surface area contributed by atoms with Gasteiger partial charge in [0.2, 0.25) is 5.91 Å². The maximum absolute atomic E-state index is 12.9. The number of hydrogen-bond donors (Lipinski definition) is 2.